The third-order valence-electron chi connectivity index (χ3n) is 4.92. The van der Waals surface area contributed by atoms with E-state index in [4.69, 9.17) is 4.74 Å². The molecule has 1 N–H and O–H groups in total. The Bertz CT molecular complexity index is 340. The summed E-state index contributed by atoms with van der Waals surface area (Å²) in [4.78, 5) is 14.8. The summed E-state index contributed by atoms with van der Waals surface area (Å²) in [5.74, 6) is 1.30. The van der Waals surface area contributed by atoms with E-state index in [1.54, 1.807) is 0 Å². The molecule has 122 valence electrons. The van der Waals surface area contributed by atoms with Gasteiger partial charge in [-0.15, -0.1) is 0 Å². The average Bonchev–Trinajstić information content (AvgIpc) is 3.04. The predicted molar refractivity (Wildman–Crippen MR) is 84.9 cm³/mol. The van der Waals surface area contributed by atoms with Gasteiger partial charge in [-0.05, 0) is 37.5 Å². The molecule has 0 aliphatic carbocycles. The monoisotopic (exact) mass is 296 g/mol. The lowest BCUT2D eigenvalue weighted by atomic mass is 9.99. The topological polar surface area (TPSA) is 41.6 Å². The molecule has 2 saturated heterocycles. The number of hydrogen-bond donors (Lipinski definition) is 1. The van der Waals surface area contributed by atoms with Crippen molar-refractivity contribution >= 4 is 5.91 Å². The van der Waals surface area contributed by atoms with Crippen molar-refractivity contribution in [2.45, 2.75) is 78.1 Å². The summed E-state index contributed by atoms with van der Waals surface area (Å²) in [6.45, 7) is 10.5. The first kappa shape index (κ1) is 16.8. The van der Waals surface area contributed by atoms with Gasteiger partial charge in [-0.2, -0.15) is 0 Å². The molecular formula is C17H32N2O2. The van der Waals surface area contributed by atoms with Crippen LogP contribution in [0.3, 0.4) is 0 Å². The molecule has 0 aromatic heterocycles. The first-order valence-corrected chi connectivity index (χ1v) is 8.71. The lowest BCUT2D eigenvalue weighted by Gasteiger charge is -2.26. The molecule has 21 heavy (non-hydrogen) atoms. The zero-order chi connectivity index (χ0) is 15.4. The highest BCUT2D eigenvalue weighted by atomic mass is 16.5. The maximum Gasteiger partial charge on any atom is 0.241 e. The van der Waals surface area contributed by atoms with Gasteiger partial charge < -0.3 is 9.64 Å². The van der Waals surface area contributed by atoms with E-state index in [0.717, 1.165) is 38.8 Å². The summed E-state index contributed by atoms with van der Waals surface area (Å²) in [7, 11) is 0. The Morgan fingerprint density at radius 3 is 2.71 bits per heavy atom. The van der Waals surface area contributed by atoms with Gasteiger partial charge in [0, 0.05) is 13.2 Å². The second-order valence-corrected chi connectivity index (χ2v) is 7.13. The Hall–Kier alpha value is -0.610. The Morgan fingerprint density at radius 1 is 1.38 bits per heavy atom. The number of nitrogens with one attached hydrogen (secondary N) is 1. The van der Waals surface area contributed by atoms with E-state index in [9.17, 15) is 4.79 Å². The molecule has 2 fully saturated rings. The zero-order valence-electron chi connectivity index (χ0n) is 14.1. The molecule has 2 aliphatic heterocycles. The van der Waals surface area contributed by atoms with Crippen LogP contribution >= 0.6 is 0 Å². The third kappa shape index (κ3) is 4.19. The molecular weight excluding hydrogens is 264 g/mol. The van der Waals surface area contributed by atoms with Gasteiger partial charge in [-0.3, -0.25) is 10.1 Å². The van der Waals surface area contributed by atoms with Gasteiger partial charge in [-0.25, -0.2) is 0 Å². The predicted octanol–water partition coefficient (Wildman–Crippen LogP) is 2.77. The van der Waals surface area contributed by atoms with Crippen LogP contribution < -0.4 is 5.32 Å². The highest BCUT2D eigenvalue weighted by molar-refractivity contribution is 5.84. The molecule has 4 nitrogen and oxygen atoms in total. The lowest BCUT2D eigenvalue weighted by Crippen LogP contribution is -2.40. The van der Waals surface area contributed by atoms with Crippen molar-refractivity contribution < 1.29 is 9.53 Å². The second kappa shape index (κ2) is 7.59. The van der Waals surface area contributed by atoms with Crippen molar-refractivity contribution in [3.8, 4) is 0 Å². The number of amides is 1. The van der Waals surface area contributed by atoms with Crippen molar-refractivity contribution in [2.75, 3.05) is 13.2 Å². The van der Waals surface area contributed by atoms with E-state index in [1.807, 2.05) is 0 Å². The van der Waals surface area contributed by atoms with E-state index in [2.05, 4.69) is 37.9 Å². The van der Waals surface area contributed by atoms with Crippen LogP contribution in [0.15, 0.2) is 0 Å². The number of carbonyl (C=O) groups is 1. The summed E-state index contributed by atoms with van der Waals surface area (Å²) >= 11 is 0. The van der Waals surface area contributed by atoms with Crippen LogP contribution in [-0.4, -0.2) is 42.3 Å². The molecule has 4 atom stereocenters. The number of rotatable bonds is 7. The van der Waals surface area contributed by atoms with E-state index < -0.39 is 0 Å². The standard InChI is InChI=1S/C17H32N2O2/c1-5-13(4)16-17(20)19(15(18-16)11-12(2)3)9-8-14-7-6-10-21-14/h12-16,18H,5-11H2,1-4H3. The summed E-state index contributed by atoms with van der Waals surface area (Å²) in [6, 6.07) is 0.00301. The minimum absolute atomic E-state index is 0.00301. The fourth-order valence-corrected chi connectivity index (χ4v) is 3.41. The quantitative estimate of drug-likeness (QED) is 0.785. The van der Waals surface area contributed by atoms with Crippen LogP contribution in [0, 0.1) is 11.8 Å². The molecule has 0 saturated carbocycles. The number of carbonyl (C=O) groups excluding carboxylic acids is 1. The van der Waals surface area contributed by atoms with Gasteiger partial charge in [0.15, 0.2) is 0 Å². The molecule has 4 heteroatoms. The molecule has 0 bridgehead atoms. The van der Waals surface area contributed by atoms with Crippen molar-refractivity contribution in [2.24, 2.45) is 11.8 Å². The highest BCUT2D eigenvalue weighted by Crippen LogP contribution is 2.25. The summed E-state index contributed by atoms with van der Waals surface area (Å²) in [5, 5.41) is 3.58. The van der Waals surface area contributed by atoms with Crippen molar-refractivity contribution in [1.82, 2.24) is 10.2 Å². The smallest absolute Gasteiger partial charge is 0.241 e. The Morgan fingerprint density at radius 2 is 2.14 bits per heavy atom. The van der Waals surface area contributed by atoms with Gasteiger partial charge in [0.25, 0.3) is 0 Å². The number of ether oxygens (including phenoxy) is 1. The second-order valence-electron chi connectivity index (χ2n) is 7.13. The van der Waals surface area contributed by atoms with E-state index in [0.29, 0.717) is 23.8 Å². The minimum Gasteiger partial charge on any atom is -0.378 e. The Balaban J connectivity index is 1.96. The fraction of sp³-hybridized carbons (Fsp3) is 0.941. The van der Waals surface area contributed by atoms with Gasteiger partial charge in [-0.1, -0.05) is 34.1 Å². The summed E-state index contributed by atoms with van der Waals surface area (Å²) in [6.07, 6.45) is 5.94. The van der Waals surface area contributed by atoms with Crippen LogP contribution in [0.2, 0.25) is 0 Å². The van der Waals surface area contributed by atoms with E-state index in [-0.39, 0.29) is 12.2 Å². The molecule has 0 aromatic carbocycles. The molecule has 2 rings (SSSR count). The average molecular weight is 296 g/mol. The first-order valence-electron chi connectivity index (χ1n) is 8.71. The Labute approximate surface area is 129 Å². The fourth-order valence-electron chi connectivity index (χ4n) is 3.41. The number of hydrogen-bond acceptors (Lipinski definition) is 3. The number of nitrogens with zero attached hydrogens (tertiary/aromatic N) is 1. The molecule has 0 radical (unpaired) electrons. The van der Waals surface area contributed by atoms with E-state index in [1.165, 1.54) is 6.42 Å². The molecule has 0 aromatic rings. The lowest BCUT2D eigenvalue weighted by molar-refractivity contribution is -0.131. The van der Waals surface area contributed by atoms with Crippen molar-refractivity contribution in [3.05, 3.63) is 0 Å². The van der Waals surface area contributed by atoms with Crippen LogP contribution in [0.5, 0.6) is 0 Å². The maximum absolute atomic E-state index is 12.7. The van der Waals surface area contributed by atoms with E-state index >= 15 is 0 Å². The molecule has 0 spiro atoms. The molecule has 4 unspecified atom stereocenters. The van der Waals surface area contributed by atoms with Crippen LogP contribution in [0.1, 0.15) is 59.8 Å². The Kier molecular flexibility index (Phi) is 6.06. The zero-order valence-corrected chi connectivity index (χ0v) is 14.1. The maximum atomic E-state index is 12.7. The van der Waals surface area contributed by atoms with Crippen molar-refractivity contribution in [3.63, 3.8) is 0 Å². The van der Waals surface area contributed by atoms with Crippen LogP contribution in [0.4, 0.5) is 0 Å². The SMILES string of the molecule is CCC(C)C1NC(CC(C)C)N(CCC2CCCO2)C1=O. The van der Waals surface area contributed by atoms with Crippen molar-refractivity contribution in [1.29, 1.82) is 0 Å². The normalized spacial score (nSPS) is 31.4. The van der Waals surface area contributed by atoms with Gasteiger partial charge in [0.2, 0.25) is 5.91 Å². The van der Waals surface area contributed by atoms with Gasteiger partial charge >= 0.3 is 0 Å². The minimum atomic E-state index is 0.00301. The van der Waals surface area contributed by atoms with Crippen LogP contribution in [0.25, 0.3) is 0 Å². The third-order valence-corrected chi connectivity index (χ3v) is 4.92. The molecule has 2 aliphatic rings. The van der Waals surface area contributed by atoms with Crippen LogP contribution in [-0.2, 0) is 9.53 Å². The highest BCUT2D eigenvalue weighted by Gasteiger charge is 2.40. The van der Waals surface area contributed by atoms with Gasteiger partial charge in [0.05, 0.1) is 18.3 Å². The van der Waals surface area contributed by atoms with Gasteiger partial charge in [0.1, 0.15) is 0 Å². The summed E-state index contributed by atoms with van der Waals surface area (Å²) in [5.41, 5.74) is 0. The summed E-state index contributed by atoms with van der Waals surface area (Å²) < 4.78 is 5.70. The molecule has 2 heterocycles. The molecule has 1 amide bonds. The largest absolute Gasteiger partial charge is 0.378 e. The first-order chi connectivity index (χ1) is 10.0.